The topological polar surface area (TPSA) is 103 Å². The molecule has 1 aliphatic rings. The van der Waals surface area contributed by atoms with Crippen LogP contribution in [-0.2, 0) is 16.0 Å². The van der Waals surface area contributed by atoms with E-state index in [4.69, 9.17) is 18.6 Å². The largest absolute Gasteiger partial charge is 0.486 e. The van der Waals surface area contributed by atoms with Crippen molar-refractivity contribution in [3.63, 3.8) is 0 Å². The summed E-state index contributed by atoms with van der Waals surface area (Å²) in [6.07, 6.45) is 2.13. The van der Waals surface area contributed by atoms with Crippen molar-refractivity contribution in [3.05, 3.63) is 71.6 Å². The standard InChI is InChI=1S/C26H24N2O6/c1-15-19(13-23(34-15)16-7-8-22-24(12-16)33-10-9-32-22)25(29)28-21(26(30)31-2)11-17-14-27-20-6-4-3-5-18(17)20/h3-8,12-14,21,27H,9-11H2,1-2H3,(H,28,29). The average molecular weight is 460 g/mol. The molecule has 4 aromatic rings. The van der Waals surface area contributed by atoms with Crippen molar-refractivity contribution in [2.45, 2.75) is 19.4 Å². The van der Waals surface area contributed by atoms with Crippen LogP contribution in [0.1, 0.15) is 21.7 Å². The normalized spacial score (nSPS) is 13.5. The number of hydrogen-bond acceptors (Lipinski definition) is 6. The molecule has 1 unspecified atom stereocenters. The van der Waals surface area contributed by atoms with E-state index in [1.165, 1.54) is 7.11 Å². The van der Waals surface area contributed by atoms with Crippen molar-refractivity contribution in [3.8, 4) is 22.8 Å². The van der Waals surface area contributed by atoms with Gasteiger partial charge in [0.25, 0.3) is 5.91 Å². The SMILES string of the molecule is COC(=O)C(Cc1c[nH]c2ccccc12)NC(=O)c1cc(-c2ccc3c(c2)OCCO3)oc1C. The summed E-state index contributed by atoms with van der Waals surface area (Å²) in [6.45, 7) is 2.70. The Balaban J connectivity index is 1.37. The second kappa shape index (κ2) is 8.97. The minimum atomic E-state index is -0.858. The average Bonchev–Trinajstić information content (AvgIpc) is 3.46. The van der Waals surface area contributed by atoms with Gasteiger partial charge in [0, 0.05) is 29.1 Å². The van der Waals surface area contributed by atoms with Crippen LogP contribution in [0.25, 0.3) is 22.2 Å². The monoisotopic (exact) mass is 460 g/mol. The van der Waals surface area contributed by atoms with Gasteiger partial charge in [-0.1, -0.05) is 18.2 Å². The summed E-state index contributed by atoms with van der Waals surface area (Å²) in [6, 6.07) is 14.1. The molecular formula is C26H24N2O6. The van der Waals surface area contributed by atoms with E-state index in [1.54, 1.807) is 13.0 Å². The Morgan fingerprint density at radius 3 is 2.71 bits per heavy atom. The van der Waals surface area contributed by atoms with Crippen molar-refractivity contribution in [2.24, 2.45) is 0 Å². The number of carbonyl (C=O) groups excluding carboxylic acids is 2. The Hall–Kier alpha value is -4.20. The first-order chi connectivity index (χ1) is 16.5. The number of nitrogens with one attached hydrogen (secondary N) is 2. The number of benzene rings is 2. The maximum Gasteiger partial charge on any atom is 0.328 e. The number of aryl methyl sites for hydroxylation is 1. The summed E-state index contributed by atoms with van der Waals surface area (Å²) in [5, 5.41) is 3.80. The van der Waals surface area contributed by atoms with Crippen LogP contribution in [0.2, 0.25) is 0 Å². The van der Waals surface area contributed by atoms with Gasteiger partial charge in [0.1, 0.15) is 30.8 Å². The molecule has 34 heavy (non-hydrogen) atoms. The first-order valence-corrected chi connectivity index (χ1v) is 11.0. The first-order valence-electron chi connectivity index (χ1n) is 11.0. The van der Waals surface area contributed by atoms with Gasteiger partial charge in [0.2, 0.25) is 0 Å². The molecule has 2 N–H and O–H groups in total. The molecule has 8 heteroatoms. The lowest BCUT2D eigenvalue weighted by Gasteiger charge is -2.18. The summed E-state index contributed by atoms with van der Waals surface area (Å²) in [5.41, 5.74) is 2.97. The van der Waals surface area contributed by atoms with Crippen molar-refractivity contribution in [2.75, 3.05) is 20.3 Å². The molecule has 1 aliphatic heterocycles. The molecule has 8 nitrogen and oxygen atoms in total. The zero-order chi connectivity index (χ0) is 23.7. The van der Waals surface area contributed by atoms with Crippen LogP contribution in [0.4, 0.5) is 0 Å². The molecule has 1 amide bonds. The second-order valence-electron chi connectivity index (χ2n) is 8.05. The minimum Gasteiger partial charge on any atom is -0.486 e. The Morgan fingerprint density at radius 2 is 1.88 bits per heavy atom. The molecule has 174 valence electrons. The van der Waals surface area contributed by atoms with Crippen molar-refractivity contribution >= 4 is 22.8 Å². The molecule has 2 aromatic carbocycles. The predicted octanol–water partition coefficient (Wildman–Crippen LogP) is 4.02. The van der Waals surface area contributed by atoms with Crippen LogP contribution in [0.5, 0.6) is 11.5 Å². The third-order valence-electron chi connectivity index (χ3n) is 5.88. The summed E-state index contributed by atoms with van der Waals surface area (Å²) < 4.78 is 22.0. The molecular weight excluding hydrogens is 436 g/mol. The fraction of sp³-hybridized carbons (Fsp3) is 0.231. The molecule has 5 rings (SSSR count). The van der Waals surface area contributed by atoms with E-state index in [0.29, 0.717) is 41.8 Å². The van der Waals surface area contributed by atoms with E-state index in [2.05, 4.69) is 10.3 Å². The van der Waals surface area contributed by atoms with Gasteiger partial charge in [-0.2, -0.15) is 0 Å². The van der Waals surface area contributed by atoms with E-state index in [9.17, 15) is 9.59 Å². The number of fused-ring (bicyclic) bond motifs is 2. The second-order valence-corrected chi connectivity index (χ2v) is 8.05. The summed E-state index contributed by atoms with van der Waals surface area (Å²) in [5.74, 6) is 1.33. The number of rotatable bonds is 6. The lowest BCUT2D eigenvalue weighted by Crippen LogP contribution is -2.43. The van der Waals surface area contributed by atoms with Gasteiger partial charge in [0.15, 0.2) is 11.5 Å². The third kappa shape index (κ3) is 4.10. The Morgan fingerprint density at radius 1 is 1.09 bits per heavy atom. The van der Waals surface area contributed by atoms with Gasteiger partial charge in [0.05, 0.1) is 12.7 Å². The number of esters is 1. The summed E-state index contributed by atoms with van der Waals surface area (Å²) in [4.78, 5) is 28.8. The molecule has 0 aliphatic carbocycles. The van der Waals surface area contributed by atoms with Crippen LogP contribution in [-0.4, -0.2) is 43.2 Å². The lowest BCUT2D eigenvalue weighted by molar-refractivity contribution is -0.142. The Kier molecular flexibility index (Phi) is 5.71. The summed E-state index contributed by atoms with van der Waals surface area (Å²) in [7, 11) is 1.31. The van der Waals surface area contributed by atoms with E-state index >= 15 is 0 Å². The number of hydrogen-bond donors (Lipinski definition) is 2. The zero-order valence-electron chi connectivity index (χ0n) is 18.8. The van der Waals surface area contributed by atoms with Crippen molar-refractivity contribution < 1.29 is 28.2 Å². The van der Waals surface area contributed by atoms with E-state index < -0.39 is 17.9 Å². The summed E-state index contributed by atoms with van der Waals surface area (Å²) >= 11 is 0. The van der Waals surface area contributed by atoms with Crippen LogP contribution in [0, 0.1) is 6.92 Å². The van der Waals surface area contributed by atoms with Gasteiger partial charge in [-0.05, 0) is 42.8 Å². The maximum absolute atomic E-state index is 13.1. The van der Waals surface area contributed by atoms with E-state index in [-0.39, 0.29) is 6.42 Å². The molecule has 0 spiro atoms. The third-order valence-corrected chi connectivity index (χ3v) is 5.88. The smallest absolute Gasteiger partial charge is 0.328 e. The first kappa shape index (κ1) is 21.6. The fourth-order valence-corrected chi connectivity index (χ4v) is 4.14. The van der Waals surface area contributed by atoms with E-state index in [1.807, 2.05) is 48.7 Å². The maximum atomic E-state index is 13.1. The number of carbonyl (C=O) groups is 2. The van der Waals surface area contributed by atoms with Crippen LogP contribution in [0.15, 0.2) is 59.1 Å². The predicted molar refractivity (Wildman–Crippen MR) is 125 cm³/mol. The van der Waals surface area contributed by atoms with Gasteiger partial charge < -0.3 is 28.9 Å². The van der Waals surface area contributed by atoms with Gasteiger partial charge >= 0.3 is 5.97 Å². The van der Waals surface area contributed by atoms with Crippen molar-refractivity contribution in [1.82, 2.24) is 10.3 Å². The number of aromatic amines is 1. The highest BCUT2D eigenvalue weighted by Gasteiger charge is 2.26. The van der Waals surface area contributed by atoms with Crippen LogP contribution < -0.4 is 14.8 Å². The molecule has 0 saturated carbocycles. The molecule has 0 fully saturated rings. The number of H-pyrrole nitrogens is 1. The number of methoxy groups -OCH3 is 1. The number of amides is 1. The van der Waals surface area contributed by atoms with E-state index in [0.717, 1.165) is 22.0 Å². The molecule has 2 aromatic heterocycles. The number of furan rings is 1. The lowest BCUT2D eigenvalue weighted by atomic mass is 10.0. The molecule has 3 heterocycles. The van der Waals surface area contributed by atoms with Gasteiger partial charge in [-0.25, -0.2) is 4.79 Å². The van der Waals surface area contributed by atoms with Crippen LogP contribution >= 0.6 is 0 Å². The Bertz CT molecular complexity index is 1370. The Labute approximate surface area is 195 Å². The van der Waals surface area contributed by atoms with Crippen LogP contribution in [0.3, 0.4) is 0 Å². The van der Waals surface area contributed by atoms with Gasteiger partial charge in [-0.3, -0.25) is 4.79 Å². The fourth-order valence-electron chi connectivity index (χ4n) is 4.14. The van der Waals surface area contributed by atoms with Gasteiger partial charge in [-0.15, -0.1) is 0 Å². The minimum absolute atomic E-state index is 0.286. The number of aromatic nitrogens is 1. The highest BCUT2D eigenvalue weighted by molar-refractivity contribution is 5.98. The highest BCUT2D eigenvalue weighted by atomic mass is 16.6. The number of ether oxygens (including phenoxy) is 3. The quantitative estimate of drug-likeness (QED) is 0.421. The highest BCUT2D eigenvalue weighted by Crippen LogP contribution is 2.35. The zero-order valence-corrected chi connectivity index (χ0v) is 18.8. The molecule has 0 radical (unpaired) electrons. The molecule has 0 bridgehead atoms. The molecule has 1 atom stereocenters. The number of para-hydroxylation sites is 1. The molecule has 0 saturated heterocycles. The van der Waals surface area contributed by atoms with Crippen molar-refractivity contribution in [1.29, 1.82) is 0 Å².